The first-order valence-corrected chi connectivity index (χ1v) is 8.72. The van der Waals surface area contributed by atoms with Crippen LogP contribution in [0.4, 0.5) is 11.4 Å². The maximum absolute atomic E-state index is 12.4. The van der Waals surface area contributed by atoms with Crippen molar-refractivity contribution in [1.82, 2.24) is 0 Å². The van der Waals surface area contributed by atoms with Crippen LogP contribution in [0, 0.1) is 10.1 Å². The molecule has 7 nitrogen and oxygen atoms in total. The summed E-state index contributed by atoms with van der Waals surface area (Å²) >= 11 is 5.85. The molecule has 1 amide bonds. The fourth-order valence-corrected chi connectivity index (χ4v) is 2.86. The fraction of sp³-hybridized carbons (Fsp3) is 0.263. The highest BCUT2D eigenvalue weighted by atomic mass is 35.5. The number of anilines is 1. The number of nitro benzene ring substituents is 1. The molecular formula is C19H19ClN2O5. The molecule has 2 aromatic carbocycles. The number of nitro groups is 1. The Labute approximate surface area is 161 Å². The molecule has 2 aromatic rings. The third-order valence-corrected chi connectivity index (χ3v) is 4.39. The van der Waals surface area contributed by atoms with Gasteiger partial charge in [-0.15, -0.1) is 0 Å². The number of nitrogens with one attached hydrogen (secondary N) is 1. The number of rotatable bonds is 8. The summed E-state index contributed by atoms with van der Waals surface area (Å²) in [6.45, 7) is 1.87. The third-order valence-electron chi connectivity index (χ3n) is 4.14. The van der Waals surface area contributed by atoms with Crippen LogP contribution in [0.25, 0.3) is 0 Å². The van der Waals surface area contributed by atoms with Crippen molar-refractivity contribution in [2.24, 2.45) is 0 Å². The Kier molecular flexibility index (Phi) is 6.90. The van der Waals surface area contributed by atoms with Crippen molar-refractivity contribution in [1.29, 1.82) is 0 Å². The Morgan fingerprint density at radius 1 is 1.19 bits per heavy atom. The number of benzene rings is 2. The summed E-state index contributed by atoms with van der Waals surface area (Å²) in [5, 5.41) is 23.4. The molecule has 0 aliphatic heterocycles. The van der Waals surface area contributed by atoms with E-state index in [0.29, 0.717) is 17.0 Å². The van der Waals surface area contributed by atoms with Crippen molar-refractivity contribution in [2.45, 2.75) is 32.1 Å². The number of halogens is 1. The van der Waals surface area contributed by atoms with E-state index in [1.165, 1.54) is 12.1 Å². The van der Waals surface area contributed by atoms with Gasteiger partial charge in [-0.2, -0.15) is 0 Å². The van der Waals surface area contributed by atoms with E-state index < -0.39 is 22.7 Å². The predicted octanol–water partition coefficient (Wildman–Crippen LogP) is 4.40. The Morgan fingerprint density at radius 2 is 1.85 bits per heavy atom. The van der Waals surface area contributed by atoms with Gasteiger partial charge in [0.15, 0.2) is 0 Å². The molecule has 1 atom stereocenters. The summed E-state index contributed by atoms with van der Waals surface area (Å²) in [5.74, 6) is -2.11. The first kappa shape index (κ1) is 20.4. The molecule has 0 aliphatic carbocycles. The highest BCUT2D eigenvalue weighted by Gasteiger charge is 2.22. The van der Waals surface area contributed by atoms with Crippen LogP contribution in [0.2, 0.25) is 5.02 Å². The number of hydrogen-bond donors (Lipinski definition) is 2. The van der Waals surface area contributed by atoms with Crippen molar-refractivity contribution in [3.05, 3.63) is 68.7 Å². The van der Waals surface area contributed by atoms with Crippen molar-refractivity contribution in [2.75, 3.05) is 5.32 Å². The first-order valence-electron chi connectivity index (χ1n) is 8.34. The Balaban J connectivity index is 2.19. The molecule has 0 spiro atoms. The van der Waals surface area contributed by atoms with Gasteiger partial charge in [0.25, 0.3) is 5.69 Å². The minimum absolute atomic E-state index is 0.0902. The van der Waals surface area contributed by atoms with Crippen LogP contribution in [-0.2, 0) is 16.0 Å². The molecule has 0 heterocycles. The van der Waals surface area contributed by atoms with Gasteiger partial charge in [-0.25, -0.2) is 0 Å². The lowest BCUT2D eigenvalue weighted by atomic mass is 9.92. The summed E-state index contributed by atoms with van der Waals surface area (Å²) in [4.78, 5) is 34.3. The standard InChI is InChI=1S/C19H19ClN2O5/c1-2-12-3-8-16(17(9-12)22(26)27)21-18(23)10-14(11-19(24)25)13-4-6-15(20)7-5-13/h3-9,14H,2,10-11H2,1H3,(H,21,23)(H,24,25). The van der Waals surface area contributed by atoms with Crippen LogP contribution in [0.1, 0.15) is 36.8 Å². The molecule has 0 saturated heterocycles. The molecule has 0 aliphatic rings. The monoisotopic (exact) mass is 390 g/mol. The molecule has 0 fully saturated rings. The highest BCUT2D eigenvalue weighted by Crippen LogP contribution is 2.29. The SMILES string of the molecule is CCc1ccc(NC(=O)CC(CC(=O)O)c2ccc(Cl)cc2)c([N+](=O)[O-])c1. The van der Waals surface area contributed by atoms with Crippen molar-refractivity contribution >= 4 is 34.9 Å². The van der Waals surface area contributed by atoms with E-state index >= 15 is 0 Å². The van der Waals surface area contributed by atoms with Gasteiger partial charge in [0, 0.05) is 23.4 Å². The molecule has 2 rings (SSSR count). The molecule has 142 valence electrons. The average Bonchev–Trinajstić information content (AvgIpc) is 2.61. The Morgan fingerprint density at radius 3 is 2.41 bits per heavy atom. The van der Waals surface area contributed by atoms with Crippen LogP contribution in [0.5, 0.6) is 0 Å². The quantitative estimate of drug-likeness (QED) is 0.512. The second kappa shape index (κ2) is 9.14. The van der Waals surface area contributed by atoms with Gasteiger partial charge in [-0.1, -0.05) is 36.7 Å². The van der Waals surface area contributed by atoms with Crippen molar-refractivity contribution in [3.8, 4) is 0 Å². The molecule has 0 radical (unpaired) electrons. The lowest BCUT2D eigenvalue weighted by molar-refractivity contribution is -0.384. The molecule has 1 unspecified atom stereocenters. The number of hydrogen-bond acceptors (Lipinski definition) is 4. The number of amides is 1. The summed E-state index contributed by atoms with van der Waals surface area (Å²) in [5.41, 5.74) is 1.34. The van der Waals surface area contributed by atoms with Crippen LogP contribution in [-0.4, -0.2) is 21.9 Å². The maximum atomic E-state index is 12.4. The minimum Gasteiger partial charge on any atom is -0.481 e. The summed E-state index contributed by atoms with van der Waals surface area (Å²) in [6, 6.07) is 11.2. The molecule has 2 N–H and O–H groups in total. The number of carbonyl (C=O) groups is 2. The van der Waals surface area contributed by atoms with Gasteiger partial charge in [0.2, 0.25) is 5.91 Å². The minimum atomic E-state index is -1.04. The Bertz CT molecular complexity index is 852. The molecule has 0 aromatic heterocycles. The molecule has 27 heavy (non-hydrogen) atoms. The largest absolute Gasteiger partial charge is 0.481 e. The van der Waals surface area contributed by atoms with Crippen LogP contribution in [0.15, 0.2) is 42.5 Å². The van der Waals surface area contributed by atoms with Gasteiger partial charge >= 0.3 is 5.97 Å². The number of aliphatic carboxylic acids is 1. The second-order valence-corrected chi connectivity index (χ2v) is 6.50. The van der Waals surface area contributed by atoms with E-state index in [-0.39, 0.29) is 24.2 Å². The first-order chi connectivity index (χ1) is 12.8. The lowest BCUT2D eigenvalue weighted by Crippen LogP contribution is -2.18. The van der Waals surface area contributed by atoms with E-state index in [0.717, 1.165) is 5.56 Å². The smallest absolute Gasteiger partial charge is 0.303 e. The van der Waals surface area contributed by atoms with E-state index in [2.05, 4.69) is 5.32 Å². The normalized spacial score (nSPS) is 11.6. The van der Waals surface area contributed by atoms with Crippen molar-refractivity contribution < 1.29 is 19.6 Å². The van der Waals surface area contributed by atoms with Gasteiger partial charge < -0.3 is 10.4 Å². The average molecular weight is 391 g/mol. The van der Waals surface area contributed by atoms with E-state index in [1.807, 2.05) is 6.92 Å². The number of carbonyl (C=O) groups excluding carboxylic acids is 1. The third kappa shape index (κ3) is 5.79. The zero-order chi connectivity index (χ0) is 20.0. The van der Waals surface area contributed by atoms with Gasteiger partial charge in [-0.3, -0.25) is 19.7 Å². The Hall–Kier alpha value is -2.93. The number of carboxylic acid groups (broad SMARTS) is 1. The maximum Gasteiger partial charge on any atom is 0.303 e. The van der Waals surface area contributed by atoms with Crippen LogP contribution < -0.4 is 5.32 Å². The summed E-state index contributed by atoms with van der Waals surface area (Å²) in [6.07, 6.45) is 0.263. The lowest BCUT2D eigenvalue weighted by Gasteiger charge is -2.15. The fourth-order valence-electron chi connectivity index (χ4n) is 2.73. The molecule has 8 heteroatoms. The highest BCUT2D eigenvalue weighted by molar-refractivity contribution is 6.30. The molecule has 0 bridgehead atoms. The van der Waals surface area contributed by atoms with E-state index in [9.17, 15) is 19.7 Å². The van der Waals surface area contributed by atoms with Gasteiger partial charge in [-0.05, 0) is 35.7 Å². The summed E-state index contributed by atoms with van der Waals surface area (Å²) < 4.78 is 0. The predicted molar refractivity (Wildman–Crippen MR) is 102 cm³/mol. The van der Waals surface area contributed by atoms with E-state index in [4.69, 9.17) is 16.7 Å². The van der Waals surface area contributed by atoms with Crippen LogP contribution >= 0.6 is 11.6 Å². The zero-order valence-corrected chi connectivity index (χ0v) is 15.4. The topological polar surface area (TPSA) is 110 Å². The van der Waals surface area contributed by atoms with Gasteiger partial charge in [0.05, 0.1) is 11.3 Å². The van der Waals surface area contributed by atoms with Crippen LogP contribution in [0.3, 0.4) is 0 Å². The van der Waals surface area contributed by atoms with Gasteiger partial charge in [0.1, 0.15) is 5.69 Å². The van der Waals surface area contributed by atoms with E-state index in [1.54, 1.807) is 30.3 Å². The number of carboxylic acids is 1. The number of aryl methyl sites for hydroxylation is 1. The molecular weight excluding hydrogens is 372 g/mol. The molecule has 0 saturated carbocycles. The number of nitrogens with zero attached hydrogens (tertiary/aromatic N) is 1. The van der Waals surface area contributed by atoms with Crippen molar-refractivity contribution in [3.63, 3.8) is 0 Å². The zero-order valence-electron chi connectivity index (χ0n) is 14.6. The second-order valence-electron chi connectivity index (χ2n) is 6.06. The summed E-state index contributed by atoms with van der Waals surface area (Å²) in [7, 11) is 0.